The fraction of sp³-hybridized carbons (Fsp3) is 0.0417. The van der Waals surface area contributed by atoms with Crippen molar-refractivity contribution in [3.63, 3.8) is 0 Å². The van der Waals surface area contributed by atoms with Gasteiger partial charge in [-0.2, -0.15) is 5.10 Å². The van der Waals surface area contributed by atoms with Gasteiger partial charge in [0.05, 0.1) is 11.9 Å². The zero-order valence-electron chi connectivity index (χ0n) is 16.9. The van der Waals surface area contributed by atoms with Gasteiger partial charge in [0.1, 0.15) is 12.1 Å². The van der Waals surface area contributed by atoms with E-state index in [-0.39, 0.29) is 12.5 Å². The van der Waals surface area contributed by atoms with Crippen LogP contribution >= 0.6 is 0 Å². The number of amides is 1. The van der Waals surface area contributed by atoms with Crippen LogP contribution in [0.1, 0.15) is 5.56 Å². The zero-order valence-corrected chi connectivity index (χ0v) is 16.9. The van der Waals surface area contributed by atoms with Gasteiger partial charge in [-0.15, -0.1) is 5.10 Å². The summed E-state index contributed by atoms with van der Waals surface area (Å²) in [6.45, 7) is -0.155. The first-order chi connectivity index (χ1) is 15.8. The third-order valence-electron chi connectivity index (χ3n) is 5.02. The molecule has 5 aromatic rings. The first kappa shape index (κ1) is 19.4. The molecule has 8 nitrogen and oxygen atoms in total. The Bertz CT molecular complexity index is 1360. The highest BCUT2D eigenvalue weighted by Crippen LogP contribution is 2.27. The van der Waals surface area contributed by atoms with Gasteiger partial charge in [0, 0.05) is 5.56 Å². The second-order valence-electron chi connectivity index (χ2n) is 7.06. The van der Waals surface area contributed by atoms with Crippen molar-refractivity contribution in [2.45, 2.75) is 0 Å². The lowest BCUT2D eigenvalue weighted by molar-refractivity contribution is -0.123. The van der Waals surface area contributed by atoms with E-state index in [1.54, 1.807) is 30.5 Å². The minimum absolute atomic E-state index is 0.155. The Balaban J connectivity index is 1.26. The first-order valence-electron chi connectivity index (χ1n) is 9.96. The smallest absolute Gasteiger partial charge is 0.277 e. The van der Waals surface area contributed by atoms with Crippen molar-refractivity contribution in [1.82, 2.24) is 25.6 Å². The largest absolute Gasteiger partial charge is 0.484 e. The van der Waals surface area contributed by atoms with Gasteiger partial charge in [0.2, 0.25) is 0 Å². The number of nitrogens with zero attached hydrogens (tertiary/aromatic N) is 5. The van der Waals surface area contributed by atoms with E-state index in [1.165, 1.54) is 11.0 Å². The molecule has 156 valence electrons. The molecule has 32 heavy (non-hydrogen) atoms. The molecule has 0 radical (unpaired) electrons. The summed E-state index contributed by atoms with van der Waals surface area (Å²) in [4.78, 5) is 12.2. The number of ether oxygens (including phenoxy) is 1. The normalized spacial score (nSPS) is 11.2. The molecule has 0 fully saturated rings. The molecule has 1 heterocycles. The van der Waals surface area contributed by atoms with Crippen LogP contribution in [0.3, 0.4) is 0 Å². The Labute approximate surface area is 183 Å². The van der Waals surface area contributed by atoms with E-state index in [0.717, 1.165) is 32.8 Å². The molecular weight excluding hydrogens is 404 g/mol. The van der Waals surface area contributed by atoms with Crippen LogP contribution in [0.4, 0.5) is 0 Å². The van der Waals surface area contributed by atoms with Crippen LogP contribution in [-0.2, 0) is 4.79 Å². The van der Waals surface area contributed by atoms with Gasteiger partial charge in [-0.05, 0) is 62.3 Å². The number of rotatable bonds is 6. The van der Waals surface area contributed by atoms with Gasteiger partial charge in [-0.25, -0.2) is 10.1 Å². The SMILES string of the molecule is O=C(COc1ccc(-n2cnnn2)cc1)N/N=C/c1c2ccccc2cc2ccccc12. The van der Waals surface area contributed by atoms with Crippen LogP contribution in [0.5, 0.6) is 5.75 Å². The minimum Gasteiger partial charge on any atom is -0.484 e. The van der Waals surface area contributed by atoms with Gasteiger partial charge in [-0.1, -0.05) is 48.5 Å². The second-order valence-corrected chi connectivity index (χ2v) is 7.06. The minimum atomic E-state index is -0.352. The van der Waals surface area contributed by atoms with Crippen LogP contribution in [-0.4, -0.2) is 38.9 Å². The van der Waals surface area contributed by atoms with E-state index in [2.05, 4.69) is 44.3 Å². The Hall–Kier alpha value is -4.59. The van der Waals surface area contributed by atoms with Crippen molar-refractivity contribution in [2.24, 2.45) is 5.10 Å². The standard InChI is InChI=1S/C24H18N6O2/c31-24(15-32-20-11-9-19(10-12-20)30-16-26-28-29-30)27-25-14-23-21-7-3-1-5-17(21)13-18-6-2-4-8-22(18)23/h1-14,16H,15H2,(H,27,31)/b25-14+. The van der Waals surface area contributed by atoms with Gasteiger partial charge >= 0.3 is 0 Å². The number of hydrogen-bond donors (Lipinski definition) is 1. The molecule has 0 atom stereocenters. The highest BCUT2D eigenvalue weighted by atomic mass is 16.5. The summed E-state index contributed by atoms with van der Waals surface area (Å²) in [6, 6.07) is 25.5. The van der Waals surface area contributed by atoms with Gasteiger partial charge in [-0.3, -0.25) is 4.79 Å². The van der Waals surface area contributed by atoms with E-state index in [4.69, 9.17) is 4.74 Å². The summed E-state index contributed by atoms with van der Waals surface area (Å²) in [7, 11) is 0. The maximum Gasteiger partial charge on any atom is 0.277 e. The van der Waals surface area contributed by atoms with E-state index >= 15 is 0 Å². The van der Waals surface area contributed by atoms with Crippen molar-refractivity contribution < 1.29 is 9.53 Å². The summed E-state index contributed by atoms with van der Waals surface area (Å²) < 4.78 is 7.07. The molecule has 0 saturated heterocycles. The van der Waals surface area contributed by atoms with E-state index < -0.39 is 0 Å². The average Bonchev–Trinajstić information content (AvgIpc) is 3.38. The zero-order chi connectivity index (χ0) is 21.8. The number of tetrazole rings is 1. The Morgan fingerprint density at radius 3 is 2.31 bits per heavy atom. The predicted octanol–water partition coefficient (Wildman–Crippen LogP) is 3.50. The number of nitrogens with one attached hydrogen (secondary N) is 1. The molecule has 5 rings (SSSR count). The second kappa shape index (κ2) is 8.65. The van der Waals surface area contributed by atoms with Gasteiger partial charge < -0.3 is 4.74 Å². The molecule has 0 aliphatic heterocycles. The summed E-state index contributed by atoms with van der Waals surface area (Å²) in [5, 5.41) is 19.6. The number of benzene rings is 4. The van der Waals surface area contributed by atoms with Crippen molar-refractivity contribution in [1.29, 1.82) is 0 Å². The van der Waals surface area contributed by atoms with Crippen LogP contribution in [0.2, 0.25) is 0 Å². The first-order valence-corrected chi connectivity index (χ1v) is 9.96. The van der Waals surface area contributed by atoms with E-state index in [0.29, 0.717) is 5.75 Å². The quantitative estimate of drug-likeness (QED) is 0.257. The van der Waals surface area contributed by atoms with Crippen molar-refractivity contribution in [3.8, 4) is 11.4 Å². The molecule has 0 aliphatic carbocycles. The third-order valence-corrected chi connectivity index (χ3v) is 5.02. The maximum absolute atomic E-state index is 12.2. The number of hydrazone groups is 1. The Kier molecular flexibility index (Phi) is 5.24. The van der Waals surface area contributed by atoms with Crippen LogP contribution in [0.25, 0.3) is 27.2 Å². The molecule has 0 spiro atoms. The lowest BCUT2D eigenvalue weighted by atomic mass is 9.97. The summed E-state index contributed by atoms with van der Waals surface area (Å²) in [6.07, 6.45) is 3.18. The topological polar surface area (TPSA) is 94.3 Å². The highest BCUT2D eigenvalue weighted by Gasteiger charge is 2.06. The summed E-state index contributed by atoms with van der Waals surface area (Å²) >= 11 is 0. The fourth-order valence-electron chi connectivity index (χ4n) is 3.51. The highest BCUT2D eigenvalue weighted by molar-refractivity contribution is 6.13. The predicted molar refractivity (Wildman–Crippen MR) is 122 cm³/mol. The van der Waals surface area contributed by atoms with Crippen LogP contribution in [0, 0.1) is 0 Å². The number of fused-ring (bicyclic) bond motifs is 2. The van der Waals surface area contributed by atoms with Gasteiger partial charge in [0.25, 0.3) is 5.91 Å². The van der Waals surface area contributed by atoms with Crippen LogP contribution < -0.4 is 10.2 Å². The molecular formula is C24H18N6O2. The Morgan fingerprint density at radius 2 is 1.66 bits per heavy atom. The average molecular weight is 422 g/mol. The molecule has 0 bridgehead atoms. The summed E-state index contributed by atoms with van der Waals surface area (Å²) in [5.41, 5.74) is 4.29. The number of hydrogen-bond acceptors (Lipinski definition) is 6. The van der Waals surface area contributed by atoms with Crippen molar-refractivity contribution in [3.05, 3.63) is 90.8 Å². The monoisotopic (exact) mass is 422 g/mol. The maximum atomic E-state index is 12.2. The molecule has 0 unspecified atom stereocenters. The Morgan fingerprint density at radius 1 is 0.969 bits per heavy atom. The van der Waals surface area contributed by atoms with Crippen molar-refractivity contribution >= 4 is 33.7 Å². The summed E-state index contributed by atoms with van der Waals surface area (Å²) in [5.74, 6) is 0.205. The lowest BCUT2D eigenvalue weighted by Gasteiger charge is -2.08. The van der Waals surface area contributed by atoms with E-state index in [1.807, 2.05) is 36.4 Å². The third kappa shape index (κ3) is 4.01. The molecule has 0 saturated carbocycles. The van der Waals surface area contributed by atoms with Crippen molar-refractivity contribution in [2.75, 3.05) is 6.61 Å². The van der Waals surface area contributed by atoms with Crippen LogP contribution in [0.15, 0.2) is 90.3 Å². The molecule has 8 heteroatoms. The van der Waals surface area contributed by atoms with Gasteiger partial charge in [0.15, 0.2) is 6.61 Å². The molecule has 1 aromatic heterocycles. The fourth-order valence-corrected chi connectivity index (χ4v) is 3.51. The molecule has 1 amide bonds. The number of carbonyl (C=O) groups is 1. The molecule has 1 N–H and O–H groups in total. The van der Waals surface area contributed by atoms with E-state index in [9.17, 15) is 4.79 Å². The number of carbonyl (C=O) groups excluding carboxylic acids is 1. The molecule has 0 aliphatic rings. The number of aromatic nitrogens is 4. The lowest BCUT2D eigenvalue weighted by Crippen LogP contribution is -2.24. The molecule has 4 aromatic carbocycles.